The van der Waals surface area contributed by atoms with Crippen molar-refractivity contribution in [3.63, 3.8) is 0 Å². The number of esters is 2. The Morgan fingerprint density at radius 2 is 1.90 bits per heavy atom. The summed E-state index contributed by atoms with van der Waals surface area (Å²) in [5.74, 6) is -5.92. The molecule has 1 aliphatic heterocycles. The third kappa shape index (κ3) is 7.60. The first-order valence-corrected chi connectivity index (χ1v) is 13.3. The van der Waals surface area contributed by atoms with Gasteiger partial charge in [-0.05, 0) is 39.0 Å². The van der Waals surface area contributed by atoms with Crippen LogP contribution in [0.5, 0.6) is 5.75 Å². The predicted molar refractivity (Wildman–Crippen MR) is 132 cm³/mol. The van der Waals surface area contributed by atoms with Crippen LogP contribution in [0, 0.1) is 0 Å². The number of nitrogens with two attached hydrogens (primary N) is 1. The molecule has 2 unspecified atom stereocenters. The average molecular weight is 574 g/mol. The SMILES string of the molecule is CC(=O)O[C@@H]1C(COP(=O)(N[C@@H](C)C(=O)OC(C)C)Oc2ccccc2)O[C@@H](n2ccc(N)nc2=O)C1(F)F. The highest BCUT2D eigenvalue weighted by Gasteiger charge is 2.62. The minimum Gasteiger partial charge on any atom is -0.462 e. The van der Waals surface area contributed by atoms with Crippen LogP contribution in [-0.2, 0) is 32.9 Å². The van der Waals surface area contributed by atoms with Crippen molar-refractivity contribution in [2.24, 2.45) is 0 Å². The lowest BCUT2D eigenvalue weighted by Gasteiger charge is -2.26. The van der Waals surface area contributed by atoms with Crippen LogP contribution in [0.4, 0.5) is 14.6 Å². The van der Waals surface area contributed by atoms with Crippen molar-refractivity contribution >= 4 is 25.5 Å². The van der Waals surface area contributed by atoms with Crippen molar-refractivity contribution in [2.75, 3.05) is 12.3 Å². The molecule has 0 radical (unpaired) electrons. The molecule has 13 nitrogen and oxygen atoms in total. The molecule has 16 heteroatoms. The molecule has 5 atom stereocenters. The zero-order valence-electron chi connectivity index (χ0n) is 21.5. The number of nitrogens with zero attached hydrogens (tertiary/aromatic N) is 2. The van der Waals surface area contributed by atoms with E-state index in [0.717, 1.165) is 19.2 Å². The molecule has 0 bridgehead atoms. The molecular formula is C23H29F2N4O9P. The lowest BCUT2D eigenvalue weighted by molar-refractivity contribution is -0.174. The number of nitrogens with one attached hydrogen (secondary N) is 1. The van der Waals surface area contributed by atoms with Gasteiger partial charge >= 0.3 is 31.3 Å². The molecule has 2 aromatic rings. The molecule has 3 N–H and O–H groups in total. The number of rotatable bonds is 11. The highest BCUT2D eigenvalue weighted by Crippen LogP contribution is 2.48. The number of hydrogen-bond donors (Lipinski definition) is 2. The van der Waals surface area contributed by atoms with Crippen molar-refractivity contribution in [3.8, 4) is 5.75 Å². The largest absolute Gasteiger partial charge is 0.462 e. The molecular weight excluding hydrogens is 545 g/mol. The van der Waals surface area contributed by atoms with Crippen molar-refractivity contribution in [1.29, 1.82) is 0 Å². The topological polar surface area (TPSA) is 170 Å². The molecule has 1 aromatic heterocycles. The standard InChI is InChI=1S/C23H29F2N4O9P/c1-13(2)35-20(31)14(3)28-39(33,38-16-8-6-5-7-9-16)34-12-17-19(36-15(4)30)23(24,25)21(37-17)29-11-10-18(26)27-22(29)32/h5-11,13-14,17,19,21H,12H2,1-4H3,(H,28,33)(H2,26,27,32)/t14-,17?,19+,21+,39?/m0/s1. The summed E-state index contributed by atoms with van der Waals surface area (Å²) in [5.41, 5.74) is 4.29. The maximum Gasteiger partial charge on any atom is 0.459 e. The molecule has 2 heterocycles. The fourth-order valence-electron chi connectivity index (χ4n) is 3.54. The molecule has 214 valence electrons. The molecule has 1 aliphatic rings. The Kier molecular flexibility index (Phi) is 9.43. The Labute approximate surface area is 222 Å². The van der Waals surface area contributed by atoms with E-state index in [1.807, 2.05) is 0 Å². The predicted octanol–water partition coefficient (Wildman–Crippen LogP) is 2.42. The fourth-order valence-corrected chi connectivity index (χ4v) is 5.04. The van der Waals surface area contributed by atoms with Crippen LogP contribution in [-0.4, -0.2) is 58.4 Å². The highest BCUT2D eigenvalue weighted by molar-refractivity contribution is 7.52. The maximum atomic E-state index is 15.4. The Morgan fingerprint density at radius 1 is 1.23 bits per heavy atom. The van der Waals surface area contributed by atoms with E-state index in [4.69, 9.17) is 29.0 Å². The first kappa shape index (κ1) is 30.2. The van der Waals surface area contributed by atoms with E-state index in [0.29, 0.717) is 4.57 Å². The summed E-state index contributed by atoms with van der Waals surface area (Å²) in [6, 6.07) is 7.63. The van der Waals surface area contributed by atoms with Crippen molar-refractivity contribution in [1.82, 2.24) is 14.6 Å². The Hall–Kier alpha value is -3.39. The lowest BCUT2D eigenvalue weighted by Crippen LogP contribution is -2.44. The van der Waals surface area contributed by atoms with Crippen molar-refractivity contribution < 1.29 is 46.2 Å². The van der Waals surface area contributed by atoms with Crippen LogP contribution in [0.1, 0.15) is 33.9 Å². The third-order valence-corrected chi connectivity index (χ3v) is 6.83. The molecule has 39 heavy (non-hydrogen) atoms. The van der Waals surface area contributed by atoms with Gasteiger partial charge in [-0.1, -0.05) is 18.2 Å². The monoisotopic (exact) mass is 574 g/mol. The number of halogens is 2. The fraction of sp³-hybridized carbons (Fsp3) is 0.478. The zero-order chi connectivity index (χ0) is 29.0. The van der Waals surface area contributed by atoms with Gasteiger partial charge in [0, 0.05) is 13.1 Å². The first-order valence-electron chi connectivity index (χ1n) is 11.7. The quantitative estimate of drug-likeness (QED) is 0.297. The number of para-hydroxylation sites is 1. The van der Waals surface area contributed by atoms with E-state index < -0.39 is 68.5 Å². The molecule has 1 fully saturated rings. The molecule has 0 spiro atoms. The van der Waals surface area contributed by atoms with Crippen LogP contribution in [0.25, 0.3) is 0 Å². The second kappa shape index (κ2) is 12.2. The summed E-state index contributed by atoms with van der Waals surface area (Å²) in [6.07, 6.45) is -5.77. The van der Waals surface area contributed by atoms with Gasteiger partial charge in [-0.15, -0.1) is 0 Å². The second-order valence-corrected chi connectivity index (χ2v) is 10.5. The van der Waals surface area contributed by atoms with E-state index >= 15 is 8.78 Å². The molecule has 1 aromatic carbocycles. The van der Waals surface area contributed by atoms with E-state index in [-0.39, 0.29) is 11.6 Å². The van der Waals surface area contributed by atoms with E-state index in [1.165, 1.54) is 19.1 Å². The van der Waals surface area contributed by atoms with Crippen molar-refractivity contribution in [2.45, 2.75) is 64.2 Å². The van der Waals surface area contributed by atoms with Crippen LogP contribution < -0.4 is 21.0 Å². The van der Waals surface area contributed by atoms with Crippen molar-refractivity contribution in [3.05, 3.63) is 53.1 Å². The Balaban J connectivity index is 1.88. The number of alkyl halides is 2. The van der Waals surface area contributed by atoms with E-state index in [9.17, 15) is 18.9 Å². The van der Waals surface area contributed by atoms with Gasteiger partial charge in [0.25, 0.3) is 0 Å². The van der Waals surface area contributed by atoms with Gasteiger partial charge in [-0.25, -0.2) is 9.36 Å². The maximum absolute atomic E-state index is 15.4. The molecule has 0 saturated carbocycles. The van der Waals surface area contributed by atoms with Crippen LogP contribution in [0.3, 0.4) is 0 Å². The van der Waals surface area contributed by atoms with Crippen LogP contribution >= 0.6 is 7.75 Å². The summed E-state index contributed by atoms with van der Waals surface area (Å²) < 4.78 is 71.2. The van der Waals surface area contributed by atoms with E-state index in [1.54, 1.807) is 32.0 Å². The van der Waals surface area contributed by atoms with Gasteiger partial charge < -0.3 is 24.5 Å². The second-order valence-electron chi connectivity index (χ2n) is 8.81. The molecule has 1 saturated heterocycles. The van der Waals surface area contributed by atoms with Crippen LogP contribution in [0.2, 0.25) is 0 Å². The highest BCUT2D eigenvalue weighted by atomic mass is 31.2. The number of benzene rings is 1. The van der Waals surface area contributed by atoms with Gasteiger partial charge in [-0.3, -0.25) is 18.7 Å². The van der Waals surface area contributed by atoms with Gasteiger partial charge in [0.1, 0.15) is 23.7 Å². The number of carbonyl (C=O) groups excluding carboxylic acids is 2. The van der Waals surface area contributed by atoms with Crippen LogP contribution in [0.15, 0.2) is 47.4 Å². The number of aromatic nitrogens is 2. The number of anilines is 1. The minimum atomic E-state index is -4.47. The summed E-state index contributed by atoms with van der Waals surface area (Å²) in [4.78, 5) is 39.6. The first-order chi connectivity index (χ1) is 18.2. The number of carbonyl (C=O) groups is 2. The molecule has 3 rings (SSSR count). The summed E-state index contributed by atoms with van der Waals surface area (Å²) in [5, 5.41) is 2.41. The summed E-state index contributed by atoms with van der Waals surface area (Å²) in [6.45, 7) is 4.61. The number of ether oxygens (including phenoxy) is 3. The smallest absolute Gasteiger partial charge is 0.459 e. The number of hydrogen-bond acceptors (Lipinski definition) is 11. The summed E-state index contributed by atoms with van der Waals surface area (Å²) in [7, 11) is -4.47. The Bertz CT molecular complexity index is 1280. The molecule has 0 amide bonds. The lowest BCUT2D eigenvalue weighted by atomic mass is 10.1. The zero-order valence-corrected chi connectivity index (χ0v) is 22.4. The van der Waals surface area contributed by atoms with Gasteiger partial charge in [-0.2, -0.15) is 18.9 Å². The van der Waals surface area contributed by atoms with Gasteiger partial charge in [0.05, 0.1) is 12.7 Å². The molecule has 0 aliphatic carbocycles. The third-order valence-electron chi connectivity index (χ3n) is 5.18. The normalized spacial score (nSPS) is 22.6. The van der Waals surface area contributed by atoms with Gasteiger partial charge in [0.15, 0.2) is 6.10 Å². The van der Waals surface area contributed by atoms with E-state index in [2.05, 4.69) is 10.1 Å². The number of nitrogen functional groups attached to an aromatic ring is 1. The average Bonchev–Trinajstić information content (AvgIpc) is 3.07. The minimum absolute atomic E-state index is 0.0735. The van der Waals surface area contributed by atoms with Gasteiger partial charge in [0.2, 0.25) is 6.23 Å². The summed E-state index contributed by atoms with van der Waals surface area (Å²) >= 11 is 0. The Morgan fingerprint density at radius 3 is 2.49 bits per heavy atom.